The van der Waals surface area contributed by atoms with Crippen molar-refractivity contribution >= 4 is 17.8 Å². The van der Waals surface area contributed by atoms with Gasteiger partial charge in [-0.25, -0.2) is 0 Å². The van der Waals surface area contributed by atoms with E-state index in [-0.39, 0.29) is 17.7 Å². The van der Waals surface area contributed by atoms with E-state index < -0.39 is 24.3 Å². The van der Waals surface area contributed by atoms with E-state index in [0.29, 0.717) is 28.5 Å². The second-order valence-corrected chi connectivity index (χ2v) is 6.65. The average Bonchev–Trinajstić information content (AvgIpc) is 3.37. The number of carbonyl (C=O) groups is 3. The molecular weight excluding hydrogens is 404 g/mol. The number of amides is 2. The van der Waals surface area contributed by atoms with Gasteiger partial charge in [-0.1, -0.05) is 17.3 Å². The highest BCUT2D eigenvalue weighted by molar-refractivity contribution is 6.22. The van der Waals surface area contributed by atoms with Crippen LogP contribution < -0.4 is 9.47 Å². The number of fused-ring (bicyclic) bond motifs is 1. The molecule has 0 fully saturated rings. The molecule has 0 aliphatic carbocycles. The van der Waals surface area contributed by atoms with Gasteiger partial charge in [-0.05, 0) is 30.3 Å². The number of rotatable bonds is 7. The molecule has 9 nitrogen and oxygen atoms in total. The zero-order valence-electron chi connectivity index (χ0n) is 16.8. The van der Waals surface area contributed by atoms with Crippen LogP contribution in [-0.2, 0) is 16.1 Å². The number of benzene rings is 2. The van der Waals surface area contributed by atoms with Gasteiger partial charge in [-0.15, -0.1) is 0 Å². The van der Waals surface area contributed by atoms with Gasteiger partial charge in [0.1, 0.15) is 18.8 Å². The van der Waals surface area contributed by atoms with Gasteiger partial charge in [-0.2, -0.15) is 0 Å². The van der Waals surface area contributed by atoms with Crippen LogP contribution in [0.25, 0.3) is 11.3 Å². The van der Waals surface area contributed by atoms with E-state index in [1.165, 1.54) is 7.11 Å². The molecule has 0 bridgehead atoms. The van der Waals surface area contributed by atoms with E-state index in [9.17, 15) is 14.4 Å². The van der Waals surface area contributed by atoms with Crippen LogP contribution in [0.5, 0.6) is 11.5 Å². The Kier molecular flexibility index (Phi) is 5.40. The van der Waals surface area contributed by atoms with Crippen LogP contribution in [0.4, 0.5) is 0 Å². The molecule has 0 unspecified atom stereocenters. The van der Waals surface area contributed by atoms with E-state index in [4.69, 9.17) is 18.7 Å². The Labute approximate surface area is 177 Å². The molecule has 2 heterocycles. The molecule has 2 aromatic carbocycles. The van der Waals surface area contributed by atoms with Crippen molar-refractivity contribution in [3.63, 3.8) is 0 Å². The van der Waals surface area contributed by atoms with Crippen molar-refractivity contribution in [3.8, 4) is 22.8 Å². The smallest absolute Gasteiger partial charge is 0.326 e. The van der Waals surface area contributed by atoms with Crippen molar-refractivity contribution in [3.05, 3.63) is 65.4 Å². The fourth-order valence-electron chi connectivity index (χ4n) is 3.22. The normalized spacial score (nSPS) is 12.6. The van der Waals surface area contributed by atoms with Gasteiger partial charge in [0.05, 0.1) is 25.3 Å². The highest BCUT2D eigenvalue weighted by atomic mass is 16.5. The van der Waals surface area contributed by atoms with Gasteiger partial charge in [0.15, 0.2) is 17.3 Å². The number of nitrogens with zero attached hydrogens (tertiary/aromatic N) is 2. The van der Waals surface area contributed by atoms with Crippen molar-refractivity contribution < 1.29 is 33.1 Å². The Hall–Kier alpha value is -4.14. The zero-order chi connectivity index (χ0) is 22.0. The SMILES string of the molecule is COc1ccc(-c2cc(COC(=O)CN3C(=O)c4ccccc4C3=O)no2)cc1OC. The molecule has 0 spiro atoms. The van der Waals surface area contributed by atoms with Gasteiger partial charge in [0, 0.05) is 11.6 Å². The summed E-state index contributed by atoms with van der Waals surface area (Å²) in [4.78, 5) is 37.7. The standard InChI is InChI=1S/C22H18N2O7/c1-28-17-8-7-13(9-19(17)29-2)18-10-14(23-31-18)12-30-20(25)11-24-21(26)15-5-3-4-6-16(15)22(24)27/h3-10H,11-12H2,1-2H3. The molecule has 0 saturated heterocycles. The van der Waals surface area contributed by atoms with Gasteiger partial charge >= 0.3 is 5.97 Å². The lowest BCUT2D eigenvalue weighted by Gasteiger charge is -2.12. The van der Waals surface area contributed by atoms with Crippen LogP contribution in [-0.4, -0.2) is 48.6 Å². The van der Waals surface area contributed by atoms with E-state index >= 15 is 0 Å². The van der Waals surface area contributed by atoms with Crippen molar-refractivity contribution in [2.75, 3.05) is 20.8 Å². The third-order valence-electron chi connectivity index (χ3n) is 4.77. The molecule has 1 aromatic heterocycles. The van der Waals surface area contributed by atoms with Gasteiger partial charge in [0.25, 0.3) is 11.8 Å². The minimum Gasteiger partial charge on any atom is -0.493 e. The molecule has 1 aliphatic heterocycles. The monoisotopic (exact) mass is 422 g/mol. The Balaban J connectivity index is 1.38. The second kappa shape index (κ2) is 8.31. The van der Waals surface area contributed by atoms with Crippen molar-refractivity contribution in [1.29, 1.82) is 0 Å². The largest absolute Gasteiger partial charge is 0.493 e. The second-order valence-electron chi connectivity index (χ2n) is 6.65. The molecule has 31 heavy (non-hydrogen) atoms. The lowest BCUT2D eigenvalue weighted by molar-refractivity contribution is -0.145. The summed E-state index contributed by atoms with van der Waals surface area (Å²) in [6.45, 7) is -0.647. The minimum absolute atomic E-state index is 0.168. The van der Waals surface area contributed by atoms with E-state index in [1.54, 1.807) is 55.6 Å². The highest BCUT2D eigenvalue weighted by Gasteiger charge is 2.36. The van der Waals surface area contributed by atoms with E-state index in [1.807, 2.05) is 0 Å². The third-order valence-corrected chi connectivity index (χ3v) is 4.77. The summed E-state index contributed by atoms with van der Waals surface area (Å²) in [5.41, 5.74) is 1.63. The highest BCUT2D eigenvalue weighted by Crippen LogP contribution is 2.32. The minimum atomic E-state index is -0.731. The molecule has 4 rings (SSSR count). The summed E-state index contributed by atoms with van der Waals surface area (Å²) in [7, 11) is 3.07. The number of hydrogen-bond donors (Lipinski definition) is 0. The summed E-state index contributed by atoms with van der Waals surface area (Å²) < 4.78 is 21.0. The Bertz CT molecular complexity index is 1130. The van der Waals surface area contributed by atoms with Crippen LogP contribution in [0.3, 0.4) is 0 Å². The maximum absolute atomic E-state index is 12.3. The van der Waals surface area contributed by atoms with Crippen LogP contribution in [0, 0.1) is 0 Å². The number of hydrogen-bond acceptors (Lipinski definition) is 8. The van der Waals surface area contributed by atoms with E-state index in [2.05, 4.69) is 5.16 Å². The molecule has 0 saturated carbocycles. The first kappa shape index (κ1) is 20.1. The van der Waals surface area contributed by atoms with Gasteiger partial charge < -0.3 is 18.7 Å². The molecule has 3 aromatic rings. The van der Waals surface area contributed by atoms with Gasteiger partial charge in [0.2, 0.25) is 0 Å². The van der Waals surface area contributed by atoms with Crippen LogP contribution >= 0.6 is 0 Å². The Morgan fingerprint density at radius 1 is 0.968 bits per heavy atom. The van der Waals surface area contributed by atoms with Crippen molar-refractivity contribution in [2.45, 2.75) is 6.61 Å². The number of ether oxygens (including phenoxy) is 3. The van der Waals surface area contributed by atoms with E-state index in [0.717, 1.165) is 4.90 Å². The number of esters is 1. The first-order valence-corrected chi connectivity index (χ1v) is 9.30. The van der Waals surface area contributed by atoms with Crippen molar-refractivity contribution in [2.24, 2.45) is 0 Å². The number of aromatic nitrogens is 1. The van der Waals surface area contributed by atoms with Gasteiger partial charge in [-0.3, -0.25) is 19.3 Å². The van der Waals surface area contributed by atoms with Crippen molar-refractivity contribution in [1.82, 2.24) is 10.1 Å². The summed E-state index contributed by atoms with van der Waals surface area (Å²) in [6, 6.07) is 13.3. The lowest BCUT2D eigenvalue weighted by Crippen LogP contribution is -2.35. The summed E-state index contributed by atoms with van der Waals surface area (Å²) >= 11 is 0. The topological polar surface area (TPSA) is 108 Å². The molecule has 0 radical (unpaired) electrons. The zero-order valence-corrected chi connectivity index (χ0v) is 16.8. The Morgan fingerprint density at radius 2 is 1.65 bits per heavy atom. The quantitative estimate of drug-likeness (QED) is 0.422. The number of carbonyl (C=O) groups excluding carboxylic acids is 3. The Morgan fingerprint density at radius 3 is 2.29 bits per heavy atom. The molecule has 2 amide bonds. The third kappa shape index (κ3) is 3.85. The maximum atomic E-state index is 12.3. The molecule has 0 atom stereocenters. The predicted octanol–water partition coefficient (Wildman–Crippen LogP) is 2.70. The van der Waals surface area contributed by atoms with Crippen LogP contribution in [0.1, 0.15) is 26.4 Å². The first-order chi connectivity index (χ1) is 15.0. The fourth-order valence-corrected chi connectivity index (χ4v) is 3.22. The average molecular weight is 422 g/mol. The fraction of sp³-hybridized carbons (Fsp3) is 0.182. The number of methoxy groups -OCH3 is 2. The summed E-state index contributed by atoms with van der Waals surface area (Å²) in [5.74, 6) is -0.208. The molecule has 9 heteroatoms. The number of imide groups is 1. The molecule has 158 valence electrons. The molecular formula is C22H18N2O7. The first-order valence-electron chi connectivity index (χ1n) is 9.30. The van der Waals surface area contributed by atoms with Crippen LogP contribution in [0.2, 0.25) is 0 Å². The summed E-state index contributed by atoms with van der Waals surface area (Å²) in [6.07, 6.45) is 0. The molecule has 0 N–H and O–H groups in total. The summed E-state index contributed by atoms with van der Waals surface area (Å²) in [5, 5.41) is 3.88. The molecule has 1 aliphatic rings. The maximum Gasteiger partial charge on any atom is 0.326 e. The predicted molar refractivity (Wildman–Crippen MR) is 107 cm³/mol. The van der Waals surface area contributed by atoms with Crippen LogP contribution in [0.15, 0.2) is 53.1 Å². The lowest BCUT2D eigenvalue weighted by atomic mass is 10.1.